The summed E-state index contributed by atoms with van der Waals surface area (Å²) in [5, 5.41) is 3.20. The zero-order chi connectivity index (χ0) is 11.5. The predicted octanol–water partition coefficient (Wildman–Crippen LogP) is 0.867. The van der Waals surface area contributed by atoms with Crippen LogP contribution in [0.3, 0.4) is 0 Å². The molecule has 1 heterocycles. The molecular formula is C10H7NO5. The number of carbonyl (C=O) groups is 1. The maximum Gasteiger partial charge on any atom is 0.542 e. The van der Waals surface area contributed by atoms with Crippen LogP contribution in [-0.2, 0) is 0 Å². The van der Waals surface area contributed by atoms with Crippen molar-refractivity contribution in [3.05, 3.63) is 46.3 Å². The molecule has 6 nitrogen and oxygen atoms in total. The van der Waals surface area contributed by atoms with E-state index in [4.69, 9.17) is 4.74 Å². The normalized spacial score (nSPS) is 10.1. The van der Waals surface area contributed by atoms with Crippen molar-refractivity contribution < 1.29 is 18.5 Å². The number of carbonyl (C=O) groups excluding carboxylic acids is 1. The number of ketones is 1. The Kier molecular flexibility index (Phi) is 2.55. The summed E-state index contributed by atoms with van der Waals surface area (Å²) in [4.78, 5) is 22.3. The maximum absolute atomic E-state index is 11.7. The van der Waals surface area contributed by atoms with Crippen molar-refractivity contribution in [3.8, 4) is 5.75 Å². The Morgan fingerprint density at radius 3 is 2.88 bits per heavy atom. The molecule has 0 saturated carbocycles. The molecule has 0 radical (unpaired) electrons. The summed E-state index contributed by atoms with van der Waals surface area (Å²) in [6.45, 7) is 0. The van der Waals surface area contributed by atoms with E-state index >= 15 is 0 Å². The van der Waals surface area contributed by atoms with Gasteiger partial charge in [-0.3, -0.25) is 9.32 Å². The second kappa shape index (κ2) is 4.01. The fourth-order valence-electron chi connectivity index (χ4n) is 1.17. The number of nitrogens with zero attached hydrogens (tertiary/aromatic N) is 1. The summed E-state index contributed by atoms with van der Waals surface area (Å²) < 4.78 is 13.5. The van der Waals surface area contributed by atoms with E-state index < -0.39 is 11.6 Å². The Bertz CT molecular complexity index is 568. The van der Waals surface area contributed by atoms with Crippen molar-refractivity contribution in [1.82, 2.24) is 5.16 Å². The van der Waals surface area contributed by atoms with Gasteiger partial charge in [-0.2, -0.15) is 0 Å². The van der Waals surface area contributed by atoms with Crippen molar-refractivity contribution in [1.29, 1.82) is 0 Å². The summed E-state index contributed by atoms with van der Waals surface area (Å²) in [7, 11) is 1.49. The van der Waals surface area contributed by atoms with Gasteiger partial charge in [0.1, 0.15) is 5.75 Å². The monoisotopic (exact) mass is 221 g/mol. The van der Waals surface area contributed by atoms with Crippen LogP contribution in [0.2, 0.25) is 0 Å². The molecule has 16 heavy (non-hydrogen) atoms. The van der Waals surface area contributed by atoms with Crippen LogP contribution in [0.25, 0.3) is 0 Å². The SMILES string of the molecule is COc1cccc(C(=O)c2noc(=O)o2)c1. The number of hydrogen-bond donors (Lipinski definition) is 0. The highest BCUT2D eigenvalue weighted by Crippen LogP contribution is 2.14. The summed E-state index contributed by atoms with van der Waals surface area (Å²) in [5.41, 5.74) is 0.302. The Morgan fingerprint density at radius 2 is 2.25 bits per heavy atom. The van der Waals surface area contributed by atoms with Crippen LogP contribution in [0.1, 0.15) is 16.2 Å². The fraction of sp³-hybridized carbons (Fsp3) is 0.100. The molecule has 0 amide bonds. The van der Waals surface area contributed by atoms with Crippen molar-refractivity contribution in [2.75, 3.05) is 7.11 Å². The lowest BCUT2D eigenvalue weighted by atomic mass is 10.1. The van der Waals surface area contributed by atoms with Gasteiger partial charge in [0.2, 0.25) is 0 Å². The van der Waals surface area contributed by atoms with Crippen LogP contribution in [-0.4, -0.2) is 18.0 Å². The van der Waals surface area contributed by atoms with E-state index in [-0.39, 0.29) is 5.89 Å². The van der Waals surface area contributed by atoms with Crippen LogP contribution in [0.5, 0.6) is 5.75 Å². The predicted molar refractivity (Wildman–Crippen MR) is 51.5 cm³/mol. The first kappa shape index (κ1) is 10.2. The molecular weight excluding hydrogens is 214 g/mol. The second-order valence-electron chi connectivity index (χ2n) is 2.90. The number of ether oxygens (including phenoxy) is 1. The largest absolute Gasteiger partial charge is 0.542 e. The van der Waals surface area contributed by atoms with E-state index in [9.17, 15) is 9.59 Å². The lowest BCUT2D eigenvalue weighted by molar-refractivity contribution is 0.1000. The molecule has 1 aromatic carbocycles. The van der Waals surface area contributed by atoms with Crippen LogP contribution >= 0.6 is 0 Å². The number of aromatic nitrogens is 1. The van der Waals surface area contributed by atoms with Gasteiger partial charge in [0, 0.05) is 5.56 Å². The van der Waals surface area contributed by atoms with Gasteiger partial charge in [-0.15, -0.1) is 0 Å². The van der Waals surface area contributed by atoms with E-state index in [0.717, 1.165) is 0 Å². The molecule has 0 aliphatic carbocycles. The van der Waals surface area contributed by atoms with Gasteiger partial charge in [0.15, 0.2) is 0 Å². The lowest BCUT2D eigenvalue weighted by Crippen LogP contribution is -2.02. The smallest absolute Gasteiger partial charge is 0.497 e. The van der Waals surface area contributed by atoms with Gasteiger partial charge in [-0.05, 0) is 17.3 Å². The molecule has 0 bridgehead atoms. The first-order valence-corrected chi connectivity index (χ1v) is 4.36. The Morgan fingerprint density at radius 1 is 1.44 bits per heavy atom. The van der Waals surface area contributed by atoms with E-state index in [1.807, 2.05) is 0 Å². The first-order chi connectivity index (χ1) is 7.70. The van der Waals surface area contributed by atoms with E-state index in [1.165, 1.54) is 13.2 Å². The Balaban J connectivity index is 2.37. The molecule has 0 atom stereocenters. The van der Waals surface area contributed by atoms with E-state index in [1.54, 1.807) is 18.2 Å². The van der Waals surface area contributed by atoms with Gasteiger partial charge >= 0.3 is 11.7 Å². The zero-order valence-electron chi connectivity index (χ0n) is 8.30. The summed E-state index contributed by atoms with van der Waals surface area (Å²) in [6.07, 6.45) is 0. The molecule has 0 fully saturated rings. The van der Waals surface area contributed by atoms with Gasteiger partial charge < -0.3 is 9.15 Å². The standard InChI is InChI=1S/C10H7NO5/c1-14-7-4-2-3-6(5-7)8(12)9-11-16-10(13)15-9/h2-5H,1H3. The Hall–Kier alpha value is -2.37. The van der Waals surface area contributed by atoms with Crippen molar-refractivity contribution >= 4 is 5.78 Å². The molecule has 2 aromatic rings. The first-order valence-electron chi connectivity index (χ1n) is 4.36. The average molecular weight is 221 g/mol. The molecule has 0 aliphatic rings. The quantitative estimate of drug-likeness (QED) is 0.715. The third-order valence-corrected chi connectivity index (χ3v) is 1.91. The van der Waals surface area contributed by atoms with Crippen LogP contribution < -0.4 is 10.6 Å². The maximum atomic E-state index is 11.7. The van der Waals surface area contributed by atoms with Crippen LogP contribution in [0, 0.1) is 0 Å². The minimum Gasteiger partial charge on any atom is -0.497 e. The van der Waals surface area contributed by atoms with Crippen LogP contribution in [0.4, 0.5) is 0 Å². The minimum atomic E-state index is -1.01. The average Bonchev–Trinajstić information content (AvgIpc) is 2.75. The molecule has 6 heteroatoms. The number of methoxy groups -OCH3 is 1. The second-order valence-corrected chi connectivity index (χ2v) is 2.90. The van der Waals surface area contributed by atoms with E-state index in [2.05, 4.69) is 14.1 Å². The van der Waals surface area contributed by atoms with E-state index in [0.29, 0.717) is 11.3 Å². The van der Waals surface area contributed by atoms with Crippen LogP contribution in [0.15, 0.2) is 38.0 Å². The summed E-state index contributed by atoms with van der Waals surface area (Å²) in [6, 6.07) is 6.40. The van der Waals surface area contributed by atoms with Gasteiger partial charge in [0.05, 0.1) is 7.11 Å². The highest BCUT2D eigenvalue weighted by Gasteiger charge is 2.17. The molecule has 0 aliphatic heterocycles. The fourth-order valence-corrected chi connectivity index (χ4v) is 1.17. The van der Waals surface area contributed by atoms with Crippen molar-refractivity contribution in [3.63, 3.8) is 0 Å². The molecule has 0 spiro atoms. The zero-order valence-corrected chi connectivity index (χ0v) is 8.30. The third kappa shape index (κ3) is 1.85. The lowest BCUT2D eigenvalue weighted by Gasteiger charge is -2.00. The molecule has 0 unspecified atom stereocenters. The molecule has 1 aromatic heterocycles. The number of benzene rings is 1. The topological polar surface area (TPSA) is 82.5 Å². The van der Waals surface area contributed by atoms with Gasteiger partial charge in [0.25, 0.3) is 5.78 Å². The van der Waals surface area contributed by atoms with Gasteiger partial charge in [-0.1, -0.05) is 12.1 Å². The molecule has 0 N–H and O–H groups in total. The molecule has 0 saturated heterocycles. The number of hydrogen-bond acceptors (Lipinski definition) is 6. The Labute approximate surface area is 89.4 Å². The van der Waals surface area contributed by atoms with Crippen molar-refractivity contribution in [2.45, 2.75) is 0 Å². The number of rotatable bonds is 3. The highest BCUT2D eigenvalue weighted by atomic mass is 16.6. The summed E-state index contributed by atoms with van der Waals surface area (Å²) >= 11 is 0. The molecule has 82 valence electrons. The van der Waals surface area contributed by atoms with Gasteiger partial charge in [-0.25, -0.2) is 4.79 Å². The third-order valence-electron chi connectivity index (χ3n) is 1.91. The molecule has 2 rings (SSSR count). The minimum absolute atomic E-state index is 0.302. The van der Waals surface area contributed by atoms with Crippen molar-refractivity contribution in [2.24, 2.45) is 0 Å². The summed E-state index contributed by atoms with van der Waals surface area (Å²) in [5.74, 6) is -1.40. The highest BCUT2D eigenvalue weighted by molar-refractivity contribution is 6.05.